The molecule has 1 aliphatic heterocycles. The number of morpholine rings is 1. The van der Waals surface area contributed by atoms with Crippen molar-refractivity contribution in [2.24, 2.45) is 0 Å². The first-order valence-electron chi connectivity index (χ1n) is 8.88. The number of aromatic nitrogens is 2. The molecule has 0 spiro atoms. The molecule has 1 aromatic heterocycles. The first-order chi connectivity index (χ1) is 12.2. The van der Waals surface area contributed by atoms with Crippen LogP contribution >= 0.6 is 0 Å². The van der Waals surface area contributed by atoms with Crippen molar-refractivity contribution in [2.45, 2.75) is 20.4 Å². The summed E-state index contributed by atoms with van der Waals surface area (Å²) in [6.45, 7) is 10.3. The molecule has 1 aliphatic rings. The molecule has 25 heavy (non-hydrogen) atoms. The molecule has 6 heteroatoms. The van der Waals surface area contributed by atoms with E-state index in [0.717, 1.165) is 57.4 Å². The summed E-state index contributed by atoms with van der Waals surface area (Å²) in [6.07, 6.45) is 0. The first-order valence-corrected chi connectivity index (χ1v) is 8.88. The maximum Gasteiger partial charge on any atom is 0.224 e. The summed E-state index contributed by atoms with van der Waals surface area (Å²) >= 11 is 0. The van der Waals surface area contributed by atoms with Gasteiger partial charge < -0.3 is 15.4 Å². The number of nitrogens with one attached hydrogen (secondary N) is 2. The van der Waals surface area contributed by atoms with E-state index in [9.17, 15) is 0 Å². The Morgan fingerprint density at radius 1 is 1.08 bits per heavy atom. The molecular weight excluding hydrogens is 314 g/mol. The monoisotopic (exact) mass is 341 g/mol. The van der Waals surface area contributed by atoms with Crippen molar-refractivity contribution in [3.05, 3.63) is 47.2 Å². The number of aryl methyl sites for hydroxylation is 2. The van der Waals surface area contributed by atoms with Crippen molar-refractivity contribution in [1.82, 2.24) is 14.9 Å². The van der Waals surface area contributed by atoms with Crippen molar-refractivity contribution >= 4 is 11.8 Å². The van der Waals surface area contributed by atoms with Crippen LogP contribution in [0, 0.1) is 13.8 Å². The number of ether oxygens (including phenoxy) is 1. The normalized spacial score (nSPS) is 15.1. The van der Waals surface area contributed by atoms with Crippen LogP contribution < -0.4 is 10.6 Å². The number of anilines is 2. The standard InChI is InChI=1S/C19H27N5O/c1-15-4-3-5-17(12-15)14-21-18-13-16(2)22-19(23-18)20-6-7-24-8-10-25-11-9-24/h3-5,12-13H,6-11,14H2,1-2H3,(H2,20,21,22,23). The van der Waals surface area contributed by atoms with Crippen LogP contribution in [0.25, 0.3) is 0 Å². The molecule has 1 fully saturated rings. The van der Waals surface area contributed by atoms with E-state index in [0.29, 0.717) is 5.95 Å². The van der Waals surface area contributed by atoms with Gasteiger partial charge in [-0.05, 0) is 19.4 Å². The van der Waals surface area contributed by atoms with Crippen LogP contribution in [0.15, 0.2) is 30.3 Å². The Labute approximate surface area is 149 Å². The summed E-state index contributed by atoms with van der Waals surface area (Å²) in [5.74, 6) is 1.53. The van der Waals surface area contributed by atoms with Gasteiger partial charge in [0.25, 0.3) is 0 Å². The Morgan fingerprint density at radius 2 is 1.92 bits per heavy atom. The highest BCUT2D eigenvalue weighted by atomic mass is 16.5. The lowest BCUT2D eigenvalue weighted by atomic mass is 10.1. The number of hydrogen-bond acceptors (Lipinski definition) is 6. The van der Waals surface area contributed by atoms with Gasteiger partial charge in [-0.25, -0.2) is 4.98 Å². The van der Waals surface area contributed by atoms with E-state index < -0.39 is 0 Å². The topological polar surface area (TPSA) is 62.3 Å². The Hall–Kier alpha value is -2.18. The largest absolute Gasteiger partial charge is 0.379 e. The summed E-state index contributed by atoms with van der Waals surface area (Å²) in [7, 11) is 0. The molecule has 3 rings (SSSR count). The van der Waals surface area contributed by atoms with Gasteiger partial charge in [-0.2, -0.15) is 4.98 Å². The SMILES string of the molecule is Cc1cccc(CNc2cc(C)nc(NCCN3CCOCC3)n2)c1. The zero-order valence-corrected chi connectivity index (χ0v) is 15.1. The third-order valence-electron chi connectivity index (χ3n) is 4.23. The molecule has 1 aromatic carbocycles. The third kappa shape index (κ3) is 5.69. The van der Waals surface area contributed by atoms with E-state index in [-0.39, 0.29) is 0 Å². The summed E-state index contributed by atoms with van der Waals surface area (Å²) in [5, 5.41) is 6.73. The summed E-state index contributed by atoms with van der Waals surface area (Å²) in [6, 6.07) is 10.5. The fourth-order valence-electron chi connectivity index (χ4n) is 2.90. The molecule has 0 radical (unpaired) electrons. The van der Waals surface area contributed by atoms with Gasteiger partial charge in [0.05, 0.1) is 13.2 Å². The summed E-state index contributed by atoms with van der Waals surface area (Å²) < 4.78 is 5.37. The number of benzene rings is 1. The van der Waals surface area contributed by atoms with Crippen LogP contribution in [0.2, 0.25) is 0 Å². The zero-order valence-electron chi connectivity index (χ0n) is 15.1. The highest BCUT2D eigenvalue weighted by Gasteiger charge is 2.10. The predicted molar refractivity (Wildman–Crippen MR) is 101 cm³/mol. The minimum absolute atomic E-state index is 0.681. The highest BCUT2D eigenvalue weighted by Crippen LogP contribution is 2.12. The van der Waals surface area contributed by atoms with Gasteiger partial charge in [-0.15, -0.1) is 0 Å². The van der Waals surface area contributed by atoms with Gasteiger partial charge in [0, 0.05) is 44.5 Å². The zero-order chi connectivity index (χ0) is 17.5. The molecule has 2 N–H and O–H groups in total. The maximum atomic E-state index is 5.37. The average Bonchev–Trinajstić information content (AvgIpc) is 2.61. The molecule has 2 aromatic rings. The number of hydrogen-bond donors (Lipinski definition) is 2. The number of nitrogens with zero attached hydrogens (tertiary/aromatic N) is 3. The lowest BCUT2D eigenvalue weighted by Crippen LogP contribution is -2.39. The first kappa shape index (κ1) is 17.6. The van der Waals surface area contributed by atoms with Crippen LogP contribution in [0.5, 0.6) is 0 Å². The lowest BCUT2D eigenvalue weighted by Gasteiger charge is -2.26. The molecule has 0 atom stereocenters. The predicted octanol–water partition coefficient (Wildman–Crippen LogP) is 2.45. The Morgan fingerprint density at radius 3 is 2.72 bits per heavy atom. The molecule has 1 saturated heterocycles. The lowest BCUT2D eigenvalue weighted by molar-refractivity contribution is 0.0398. The Kier molecular flexibility index (Phi) is 6.19. The van der Waals surface area contributed by atoms with Crippen LogP contribution in [0.3, 0.4) is 0 Å². The molecule has 6 nitrogen and oxygen atoms in total. The second-order valence-corrected chi connectivity index (χ2v) is 6.44. The Balaban J connectivity index is 1.52. The molecule has 0 amide bonds. The highest BCUT2D eigenvalue weighted by molar-refractivity contribution is 5.43. The molecule has 134 valence electrons. The van der Waals surface area contributed by atoms with E-state index in [1.807, 2.05) is 13.0 Å². The molecule has 0 unspecified atom stereocenters. The second-order valence-electron chi connectivity index (χ2n) is 6.44. The van der Waals surface area contributed by atoms with Crippen molar-refractivity contribution in [2.75, 3.05) is 50.0 Å². The van der Waals surface area contributed by atoms with Gasteiger partial charge in [0.15, 0.2) is 0 Å². The molecule has 0 aliphatic carbocycles. The van der Waals surface area contributed by atoms with E-state index in [2.05, 4.69) is 56.7 Å². The molecule has 0 saturated carbocycles. The number of rotatable bonds is 7. The maximum absolute atomic E-state index is 5.37. The Bertz CT molecular complexity index is 685. The molecule has 0 bridgehead atoms. The van der Waals surface area contributed by atoms with Crippen molar-refractivity contribution in [3.63, 3.8) is 0 Å². The minimum Gasteiger partial charge on any atom is -0.379 e. The quantitative estimate of drug-likeness (QED) is 0.807. The van der Waals surface area contributed by atoms with Gasteiger partial charge in [0.1, 0.15) is 5.82 Å². The fraction of sp³-hybridized carbons (Fsp3) is 0.474. The van der Waals surface area contributed by atoms with Gasteiger partial charge in [0.2, 0.25) is 5.95 Å². The van der Waals surface area contributed by atoms with E-state index in [1.165, 1.54) is 11.1 Å². The average molecular weight is 341 g/mol. The summed E-state index contributed by atoms with van der Waals surface area (Å²) in [4.78, 5) is 11.4. The van der Waals surface area contributed by atoms with Crippen LogP contribution in [0.4, 0.5) is 11.8 Å². The van der Waals surface area contributed by atoms with Gasteiger partial charge >= 0.3 is 0 Å². The van der Waals surface area contributed by atoms with E-state index in [4.69, 9.17) is 4.74 Å². The molecular formula is C19H27N5O. The van der Waals surface area contributed by atoms with Crippen LogP contribution in [-0.2, 0) is 11.3 Å². The summed E-state index contributed by atoms with van der Waals surface area (Å²) in [5.41, 5.74) is 3.47. The minimum atomic E-state index is 0.681. The van der Waals surface area contributed by atoms with E-state index in [1.54, 1.807) is 0 Å². The van der Waals surface area contributed by atoms with Gasteiger partial charge in [-0.3, -0.25) is 4.90 Å². The second kappa shape index (κ2) is 8.78. The van der Waals surface area contributed by atoms with Gasteiger partial charge in [-0.1, -0.05) is 29.8 Å². The fourth-order valence-corrected chi connectivity index (χ4v) is 2.90. The molecule has 2 heterocycles. The smallest absolute Gasteiger partial charge is 0.224 e. The van der Waals surface area contributed by atoms with Crippen LogP contribution in [0.1, 0.15) is 16.8 Å². The van der Waals surface area contributed by atoms with Crippen molar-refractivity contribution < 1.29 is 4.74 Å². The van der Waals surface area contributed by atoms with Crippen molar-refractivity contribution in [1.29, 1.82) is 0 Å². The third-order valence-corrected chi connectivity index (χ3v) is 4.23. The van der Waals surface area contributed by atoms with Crippen LogP contribution in [-0.4, -0.2) is 54.3 Å². The van der Waals surface area contributed by atoms with E-state index >= 15 is 0 Å². The van der Waals surface area contributed by atoms with Crippen molar-refractivity contribution in [3.8, 4) is 0 Å².